The van der Waals surface area contributed by atoms with Gasteiger partial charge in [-0.3, -0.25) is 9.48 Å². The fourth-order valence-corrected chi connectivity index (χ4v) is 4.87. The topological polar surface area (TPSA) is 112 Å². The lowest BCUT2D eigenvalue weighted by molar-refractivity contribution is 0.0801. The largest absolute Gasteiger partial charge is 0.383 e. The summed E-state index contributed by atoms with van der Waals surface area (Å²) in [5.74, 6) is 1.57. The highest BCUT2D eigenvalue weighted by molar-refractivity contribution is 6.06. The summed E-state index contributed by atoms with van der Waals surface area (Å²) in [6, 6.07) is 6.07. The number of benzene rings is 1. The van der Waals surface area contributed by atoms with Gasteiger partial charge in [0, 0.05) is 42.5 Å². The van der Waals surface area contributed by atoms with Gasteiger partial charge < -0.3 is 15.4 Å². The van der Waals surface area contributed by atoms with Crippen LogP contribution in [0.4, 0.5) is 11.5 Å². The summed E-state index contributed by atoms with van der Waals surface area (Å²) in [5.41, 5.74) is 12.0. The van der Waals surface area contributed by atoms with Crippen LogP contribution in [0.3, 0.4) is 0 Å². The quantitative estimate of drug-likeness (QED) is 0.471. The Bertz CT molecular complexity index is 1460. The van der Waals surface area contributed by atoms with Gasteiger partial charge in [0.05, 0.1) is 41.7 Å². The number of rotatable bonds is 5. The van der Waals surface area contributed by atoms with Gasteiger partial charge in [-0.1, -0.05) is 12.1 Å². The molecule has 35 heavy (non-hydrogen) atoms. The molecule has 1 saturated carbocycles. The first-order chi connectivity index (χ1) is 16.9. The number of hydrogen-bond acceptors (Lipinski definition) is 7. The maximum absolute atomic E-state index is 13.7. The van der Waals surface area contributed by atoms with Crippen molar-refractivity contribution in [3.05, 3.63) is 70.6 Å². The molecule has 1 amide bonds. The average molecular weight is 470 g/mol. The zero-order valence-electron chi connectivity index (χ0n) is 20.0. The standard InChI is InChI=1S/C26H27N7O2/c1-14-22(12-32(3)31-14)33(26(34)18-9-28-25(29-10-18)17-5-6-17)11-16-4-7-19-20-13-35-15(2)23(20)24(27)30-21(19)8-16/h4,7-10,12,15,17H,5-6,11,13H2,1-3H3,(H2,27,30)/t15-/m0/s1. The van der Waals surface area contributed by atoms with Crippen LogP contribution in [0.15, 0.2) is 36.8 Å². The van der Waals surface area contributed by atoms with Gasteiger partial charge >= 0.3 is 0 Å². The minimum atomic E-state index is -0.174. The molecule has 0 bridgehead atoms. The number of carbonyl (C=O) groups excluding carboxylic acids is 1. The van der Waals surface area contributed by atoms with Crippen molar-refractivity contribution < 1.29 is 9.53 Å². The molecule has 6 rings (SSSR count). The zero-order valence-corrected chi connectivity index (χ0v) is 20.0. The molecule has 2 N–H and O–H groups in total. The van der Waals surface area contributed by atoms with Crippen molar-refractivity contribution in [2.45, 2.75) is 51.9 Å². The SMILES string of the molecule is Cc1nn(C)cc1N(Cc1ccc2c3c(c(N)nc2c1)[C@H](C)OC3)C(=O)c1cnc(C2CC2)nc1. The van der Waals surface area contributed by atoms with Gasteiger partial charge in [0.25, 0.3) is 5.91 Å². The number of anilines is 2. The van der Waals surface area contributed by atoms with Crippen molar-refractivity contribution in [1.29, 1.82) is 0 Å². The number of nitrogens with two attached hydrogens (primary N) is 1. The number of ether oxygens (including phenoxy) is 1. The molecule has 0 radical (unpaired) electrons. The molecule has 4 aromatic rings. The third-order valence-corrected chi connectivity index (χ3v) is 6.84. The first kappa shape index (κ1) is 21.7. The molecule has 1 atom stereocenters. The number of hydrogen-bond donors (Lipinski definition) is 1. The number of aromatic nitrogens is 5. The van der Waals surface area contributed by atoms with Crippen molar-refractivity contribution in [3.63, 3.8) is 0 Å². The van der Waals surface area contributed by atoms with Crippen LogP contribution in [0.1, 0.15) is 70.4 Å². The van der Waals surface area contributed by atoms with Gasteiger partial charge in [-0.05, 0) is 43.9 Å². The van der Waals surface area contributed by atoms with E-state index in [0.29, 0.717) is 30.5 Å². The fourth-order valence-electron chi connectivity index (χ4n) is 4.87. The van der Waals surface area contributed by atoms with Crippen molar-refractivity contribution in [2.75, 3.05) is 10.6 Å². The van der Waals surface area contributed by atoms with E-state index in [1.165, 1.54) is 0 Å². The monoisotopic (exact) mass is 469 g/mol. The lowest BCUT2D eigenvalue weighted by atomic mass is 10.0. The van der Waals surface area contributed by atoms with E-state index < -0.39 is 0 Å². The maximum atomic E-state index is 13.7. The van der Waals surface area contributed by atoms with Gasteiger partial charge in [-0.2, -0.15) is 5.10 Å². The molecule has 0 unspecified atom stereocenters. The highest BCUT2D eigenvalue weighted by atomic mass is 16.5. The summed E-state index contributed by atoms with van der Waals surface area (Å²) in [4.78, 5) is 28.9. The van der Waals surface area contributed by atoms with Crippen LogP contribution in [0.5, 0.6) is 0 Å². The number of aryl methyl sites for hydroxylation is 2. The van der Waals surface area contributed by atoms with E-state index in [9.17, 15) is 4.79 Å². The molecule has 0 spiro atoms. The summed E-state index contributed by atoms with van der Waals surface area (Å²) in [6.45, 7) is 4.76. The molecule has 178 valence electrons. The van der Waals surface area contributed by atoms with Crippen LogP contribution in [-0.4, -0.2) is 30.6 Å². The van der Waals surface area contributed by atoms with E-state index in [-0.39, 0.29) is 12.0 Å². The number of amides is 1. The first-order valence-corrected chi connectivity index (χ1v) is 11.9. The number of nitrogen functional groups attached to an aromatic ring is 1. The molecule has 9 nitrogen and oxygen atoms in total. The van der Waals surface area contributed by atoms with Crippen LogP contribution in [-0.2, 0) is 24.9 Å². The summed E-state index contributed by atoms with van der Waals surface area (Å²) in [6.07, 6.45) is 7.29. The van der Waals surface area contributed by atoms with E-state index in [2.05, 4.69) is 20.1 Å². The van der Waals surface area contributed by atoms with Gasteiger partial charge in [0.2, 0.25) is 0 Å². The minimum absolute atomic E-state index is 0.0585. The van der Waals surface area contributed by atoms with E-state index in [0.717, 1.165) is 57.6 Å². The van der Waals surface area contributed by atoms with Gasteiger partial charge in [0.1, 0.15) is 11.6 Å². The fraction of sp³-hybridized carbons (Fsp3) is 0.346. The van der Waals surface area contributed by atoms with Gasteiger partial charge in [-0.15, -0.1) is 0 Å². The minimum Gasteiger partial charge on any atom is -0.383 e. The van der Waals surface area contributed by atoms with Crippen molar-refractivity contribution in [3.8, 4) is 0 Å². The molecular weight excluding hydrogens is 442 g/mol. The van der Waals surface area contributed by atoms with E-state index in [1.54, 1.807) is 22.0 Å². The predicted octanol–water partition coefficient (Wildman–Crippen LogP) is 3.96. The molecule has 0 saturated heterocycles. The van der Waals surface area contributed by atoms with Crippen LogP contribution in [0.2, 0.25) is 0 Å². The van der Waals surface area contributed by atoms with Crippen LogP contribution >= 0.6 is 0 Å². The second-order valence-electron chi connectivity index (χ2n) is 9.46. The average Bonchev–Trinajstić information content (AvgIpc) is 3.54. The Morgan fingerprint density at radius 2 is 2.03 bits per heavy atom. The lowest BCUT2D eigenvalue weighted by Crippen LogP contribution is -2.31. The molecule has 1 aliphatic carbocycles. The summed E-state index contributed by atoms with van der Waals surface area (Å²) >= 11 is 0. The van der Waals surface area contributed by atoms with Crippen molar-refractivity contribution in [1.82, 2.24) is 24.7 Å². The Morgan fingerprint density at radius 3 is 2.71 bits per heavy atom. The Balaban J connectivity index is 1.37. The maximum Gasteiger partial charge on any atom is 0.261 e. The molecule has 2 aliphatic rings. The molecule has 1 aliphatic heterocycles. The van der Waals surface area contributed by atoms with Gasteiger partial charge in [0.15, 0.2) is 0 Å². The smallest absolute Gasteiger partial charge is 0.261 e. The van der Waals surface area contributed by atoms with E-state index in [1.807, 2.05) is 45.3 Å². The third-order valence-electron chi connectivity index (χ3n) is 6.84. The molecule has 9 heteroatoms. The first-order valence-electron chi connectivity index (χ1n) is 11.9. The number of pyridine rings is 1. The second kappa shape index (κ2) is 8.13. The number of nitrogens with zero attached hydrogens (tertiary/aromatic N) is 6. The Hall–Kier alpha value is -3.85. The summed E-state index contributed by atoms with van der Waals surface area (Å²) in [5, 5.41) is 5.48. The number of fused-ring (bicyclic) bond motifs is 3. The Morgan fingerprint density at radius 1 is 1.26 bits per heavy atom. The molecule has 3 aromatic heterocycles. The molecule has 1 aromatic carbocycles. The summed E-state index contributed by atoms with van der Waals surface area (Å²) in [7, 11) is 1.85. The van der Waals surface area contributed by atoms with Crippen molar-refractivity contribution >= 4 is 28.3 Å². The number of carbonyl (C=O) groups is 1. The lowest BCUT2D eigenvalue weighted by Gasteiger charge is -2.22. The Labute approximate surface area is 203 Å². The highest BCUT2D eigenvalue weighted by Crippen LogP contribution is 2.39. The van der Waals surface area contributed by atoms with E-state index >= 15 is 0 Å². The van der Waals surface area contributed by atoms with Crippen LogP contribution in [0.25, 0.3) is 10.9 Å². The van der Waals surface area contributed by atoms with E-state index in [4.69, 9.17) is 10.5 Å². The molecule has 1 fully saturated rings. The normalized spacial score (nSPS) is 17.1. The van der Waals surface area contributed by atoms with Crippen LogP contribution < -0.4 is 10.6 Å². The predicted molar refractivity (Wildman–Crippen MR) is 132 cm³/mol. The Kier molecular flexibility index (Phi) is 5.03. The van der Waals surface area contributed by atoms with Crippen molar-refractivity contribution in [2.24, 2.45) is 7.05 Å². The third kappa shape index (κ3) is 3.81. The van der Waals surface area contributed by atoms with Crippen LogP contribution in [0, 0.1) is 6.92 Å². The zero-order chi connectivity index (χ0) is 24.3. The molecule has 4 heterocycles. The second-order valence-corrected chi connectivity index (χ2v) is 9.46. The summed E-state index contributed by atoms with van der Waals surface area (Å²) < 4.78 is 7.51. The molecular formula is C26H27N7O2. The highest BCUT2D eigenvalue weighted by Gasteiger charge is 2.28. The van der Waals surface area contributed by atoms with Gasteiger partial charge in [-0.25, -0.2) is 15.0 Å².